The predicted octanol–water partition coefficient (Wildman–Crippen LogP) is 1.42. The van der Waals surface area contributed by atoms with Crippen LogP contribution in [0.1, 0.15) is 49.0 Å². The second-order valence-electron chi connectivity index (χ2n) is 7.72. The van der Waals surface area contributed by atoms with E-state index in [0.717, 1.165) is 22.8 Å². The van der Waals surface area contributed by atoms with Gasteiger partial charge in [-0.3, -0.25) is 0 Å². The van der Waals surface area contributed by atoms with Crippen LogP contribution < -0.4 is 5.14 Å². The van der Waals surface area contributed by atoms with Crippen LogP contribution in [0, 0.1) is 5.41 Å². The van der Waals surface area contributed by atoms with E-state index in [9.17, 15) is 17.2 Å². The molecule has 28 heavy (non-hydrogen) atoms. The van der Waals surface area contributed by atoms with Gasteiger partial charge in [-0.25, -0.2) is 13.9 Å². The molecule has 2 aromatic heterocycles. The maximum absolute atomic E-state index is 14.7. The third-order valence-electron chi connectivity index (χ3n) is 6.11. The van der Waals surface area contributed by atoms with Crippen LogP contribution in [0.25, 0.3) is 11.5 Å². The van der Waals surface area contributed by atoms with Crippen LogP contribution in [0.2, 0.25) is 0 Å². The van der Waals surface area contributed by atoms with Crippen molar-refractivity contribution in [1.29, 1.82) is 0 Å². The summed E-state index contributed by atoms with van der Waals surface area (Å²) in [5.41, 5.74) is 0.0141. The maximum atomic E-state index is 14.7. The van der Waals surface area contributed by atoms with Crippen molar-refractivity contribution in [3.63, 3.8) is 0 Å². The molecule has 5 rings (SSSR count). The summed E-state index contributed by atoms with van der Waals surface area (Å²) in [7, 11) is -3.88. The number of nitrogens with two attached hydrogens (primary N) is 1. The zero-order valence-electron chi connectivity index (χ0n) is 14.8. The van der Waals surface area contributed by atoms with Gasteiger partial charge in [0.1, 0.15) is 0 Å². The quantitative estimate of drug-likeness (QED) is 0.804. The smallest absolute Gasteiger partial charge is 0.276 e. The fourth-order valence-electron chi connectivity index (χ4n) is 4.32. The van der Waals surface area contributed by atoms with E-state index in [2.05, 4.69) is 20.3 Å². The van der Waals surface area contributed by atoms with E-state index in [4.69, 9.17) is 9.66 Å². The zero-order chi connectivity index (χ0) is 19.7. The van der Waals surface area contributed by atoms with Gasteiger partial charge in [-0.05, 0) is 31.7 Å². The van der Waals surface area contributed by atoms with E-state index in [1.165, 1.54) is 6.20 Å². The molecule has 0 bridgehead atoms. The molecule has 0 amide bonds. The molecular weight excluding hydrogens is 394 g/mol. The molecule has 0 radical (unpaired) electrons. The van der Waals surface area contributed by atoms with Gasteiger partial charge in [-0.2, -0.15) is 27.9 Å². The Morgan fingerprint density at radius 1 is 1.25 bits per heavy atom. The van der Waals surface area contributed by atoms with Crippen molar-refractivity contribution in [2.24, 2.45) is 10.6 Å². The molecule has 1 spiro atoms. The van der Waals surface area contributed by atoms with Crippen LogP contribution in [-0.2, 0) is 10.2 Å². The average Bonchev–Trinajstić information content (AvgIpc) is 3.50. The van der Waals surface area contributed by atoms with E-state index in [-0.39, 0.29) is 43.6 Å². The molecule has 1 aliphatic heterocycles. The minimum Gasteiger partial charge on any atom is -0.334 e. The van der Waals surface area contributed by atoms with Gasteiger partial charge in [0.25, 0.3) is 22.0 Å². The summed E-state index contributed by atoms with van der Waals surface area (Å²) in [5, 5.41) is 16.9. The normalized spacial score (nSPS) is 26.5. The Morgan fingerprint density at radius 3 is 2.61 bits per heavy atom. The largest absolute Gasteiger partial charge is 0.334 e. The highest BCUT2D eigenvalue weighted by Crippen LogP contribution is 2.75. The van der Waals surface area contributed by atoms with E-state index in [1.54, 1.807) is 6.07 Å². The number of hydrogen-bond donors (Lipinski definition) is 1. The third-order valence-corrected chi connectivity index (χ3v) is 7.20. The Labute approximate surface area is 159 Å². The van der Waals surface area contributed by atoms with Gasteiger partial charge in [0.05, 0.1) is 28.8 Å². The molecular formula is C16H18F2N6O3S. The van der Waals surface area contributed by atoms with Crippen LogP contribution in [0.4, 0.5) is 8.78 Å². The van der Waals surface area contributed by atoms with E-state index in [0.29, 0.717) is 5.56 Å². The van der Waals surface area contributed by atoms with Crippen LogP contribution in [0.5, 0.6) is 0 Å². The van der Waals surface area contributed by atoms with Gasteiger partial charge < -0.3 is 4.52 Å². The van der Waals surface area contributed by atoms with Crippen LogP contribution in [0.3, 0.4) is 0 Å². The second kappa shape index (κ2) is 5.74. The summed E-state index contributed by atoms with van der Waals surface area (Å²) in [6.45, 7) is -0.0918. The molecule has 1 saturated heterocycles. The molecule has 0 aromatic carbocycles. The van der Waals surface area contributed by atoms with Gasteiger partial charge in [-0.1, -0.05) is 5.16 Å². The molecule has 9 nitrogen and oxygen atoms in total. The number of nitrogens with zero attached hydrogens (tertiary/aromatic N) is 5. The topological polar surface area (TPSA) is 128 Å². The van der Waals surface area contributed by atoms with Crippen LogP contribution in [0.15, 0.2) is 16.8 Å². The SMILES string of the molecule is NS(=O)(=O)N1CCC2(CC1)[C@H](c1noc(-c3ccnnc3C3CC3)n1)C2(F)F. The van der Waals surface area contributed by atoms with Crippen molar-refractivity contribution >= 4 is 10.2 Å². The van der Waals surface area contributed by atoms with Crippen molar-refractivity contribution in [3.05, 3.63) is 23.8 Å². The molecule has 150 valence electrons. The standard InChI is InChI=1S/C16H18F2N6O3S/c17-16(18)12(15(16)4-7-24(8-5-15)28(19,25)26)13-21-14(27-23-13)10-3-6-20-22-11(10)9-1-2-9/h3,6,9,12H,1-2,4-5,7-8H2,(H2,19,25,26)/t12-/m0/s1. The number of rotatable bonds is 4. The fraction of sp³-hybridized carbons (Fsp3) is 0.625. The van der Waals surface area contributed by atoms with Gasteiger partial charge >= 0.3 is 0 Å². The van der Waals surface area contributed by atoms with Crippen molar-refractivity contribution in [2.75, 3.05) is 13.1 Å². The molecule has 2 aliphatic carbocycles. The zero-order valence-corrected chi connectivity index (χ0v) is 15.6. The number of piperidine rings is 1. The second-order valence-corrected chi connectivity index (χ2v) is 9.26. The maximum Gasteiger partial charge on any atom is 0.276 e. The van der Waals surface area contributed by atoms with Crippen molar-refractivity contribution in [2.45, 2.75) is 43.4 Å². The molecule has 3 fully saturated rings. The third kappa shape index (κ3) is 2.58. The van der Waals surface area contributed by atoms with Crippen molar-refractivity contribution in [1.82, 2.24) is 24.6 Å². The number of hydrogen-bond acceptors (Lipinski definition) is 7. The number of aromatic nitrogens is 4. The molecule has 2 N–H and O–H groups in total. The minimum atomic E-state index is -3.88. The molecule has 3 aliphatic rings. The summed E-state index contributed by atoms with van der Waals surface area (Å²) in [5.74, 6) is -3.82. The lowest BCUT2D eigenvalue weighted by Gasteiger charge is -2.30. The van der Waals surface area contributed by atoms with Gasteiger partial charge in [0, 0.05) is 19.0 Å². The Bertz CT molecular complexity index is 1030. The first-order valence-electron chi connectivity index (χ1n) is 9.05. The Balaban J connectivity index is 1.41. The van der Waals surface area contributed by atoms with Crippen LogP contribution in [-0.4, -0.2) is 52.1 Å². The summed E-state index contributed by atoms with van der Waals surface area (Å²) >= 11 is 0. The number of alkyl halides is 2. The molecule has 12 heteroatoms. The molecule has 2 aromatic rings. The Hall–Kier alpha value is -2.05. The first-order chi connectivity index (χ1) is 13.2. The Kier molecular flexibility index (Phi) is 3.69. The lowest BCUT2D eigenvalue weighted by molar-refractivity contribution is 0.0411. The van der Waals surface area contributed by atoms with Crippen LogP contribution >= 0.6 is 0 Å². The monoisotopic (exact) mass is 412 g/mol. The predicted molar refractivity (Wildman–Crippen MR) is 91.3 cm³/mol. The minimum absolute atomic E-state index is 0.00485. The summed E-state index contributed by atoms with van der Waals surface area (Å²) in [4.78, 5) is 4.24. The molecule has 1 atom stereocenters. The molecule has 3 heterocycles. The van der Waals surface area contributed by atoms with Gasteiger partial charge in [-0.15, -0.1) is 0 Å². The lowest BCUT2D eigenvalue weighted by Crippen LogP contribution is -2.43. The summed E-state index contributed by atoms with van der Waals surface area (Å²) in [6.07, 6.45) is 3.49. The lowest BCUT2D eigenvalue weighted by atomic mass is 9.91. The Morgan fingerprint density at radius 2 is 1.96 bits per heavy atom. The van der Waals surface area contributed by atoms with Gasteiger partial charge in [0.15, 0.2) is 5.82 Å². The highest BCUT2D eigenvalue weighted by atomic mass is 32.2. The van der Waals surface area contributed by atoms with Gasteiger partial charge in [0.2, 0.25) is 0 Å². The van der Waals surface area contributed by atoms with E-state index in [1.807, 2.05) is 0 Å². The molecule has 2 saturated carbocycles. The number of halogens is 2. The highest BCUT2D eigenvalue weighted by molar-refractivity contribution is 7.86. The summed E-state index contributed by atoms with van der Waals surface area (Å²) in [6, 6.07) is 1.70. The van der Waals surface area contributed by atoms with Crippen molar-refractivity contribution in [3.8, 4) is 11.5 Å². The van der Waals surface area contributed by atoms with Crippen molar-refractivity contribution < 1.29 is 21.7 Å². The first-order valence-corrected chi connectivity index (χ1v) is 10.6. The average molecular weight is 412 g/mol. The molecule has 0 unspecified atom stereocenters. The van der Waals surface area contributed by atoms with E-state index >= 15 is 0 Å². The summed E-state index contributed by atoms with van der Waals surface area (Å²) < 4.78 is 58.7. The highest BCUT2D eigenvalue weighted by Gasteiger charge is 2.82. The van der Waals surface area contributed by atoms with E-state index < -0.39 is 27.5 Å². The fourth-order valence-corrected chi connectivity index (χ4v) is 5.02. The first kappa shape index (κ1) is 18.0.